The highest BCUT2D eigenvalue weighted by Gasteiger charge is 2.21. The van der Waals surface area contributed by atoms with E-state index in [1.54, 1.807) is 6.20 Å². The van der Waals surface area contributed by atoms with Gasteiger partial charge in [-0.1, -0.05) is 60.7 Å². The summed E-state index contributed by atoms with van der Waals surface area (Å²) in [7, 11) is 0. The molecule has 1 saturated heterocycles. The zero-order chi connectivity index (χ0) is 27.6. The van der Waals surface area contributed by atoms with Crippen molar-refractivity contribution in [2.75, 3.05) is 13.1 Å². The molecule has 0 aliphatic carbocycles. The minimum atomic E-state index is -0.125. The van der Waals surface area contributed by atoms with Crippen LogP contribution in [0.15, 0.2) is 115 Å². The summed E-state index contributed by atoms with van der Waals surface area (Å²) in [6.07, 6.45) is 9.73. The largest absolute Gasteiger partial charge is 0.334 e. The maximum absolute atomic E-state index is 12.5. The van der Waals surface area contributed by atoms with Crippen LogP contribution in [0, 0.1) is 0 Å². The first-order valence-corrected chi connectivity index (χ1v) is 14.1. The highest BCUT2D eigenvalue weighted by atomic mass is 16.1. The van der Waals surface area contributed by atoms with E-state index in [1.165, 1.54) is 5.56 Å². The summed E-state index contributed by atoms with van der Waals surface area (Å²) in [5, 5.41) is 0.596. The molecule has 0 unspecified atom stereocenters. The topological polar surface area (TPSA) is 79.7 Å². The van der Waals surface area contributed by atoms with Gasteiger partial charge in [-0.3, -0.25) is 14.7 Å². The third-order valence-electron chi connectivity index (χ3n) is 7.98. The Hall–Kier alpha value is -4.88. The lowest BCUT2D eigenvalue weighted by Gasteiger charge is -2.32. The van der Waals surface area contributed by atoms with Crippen LogP contribution in [-0.2, 0) is 6.54 Å². The lowest BCUT2D eigenvalue weighted by atomic mass is 9.97. The molecule has 41 heavy (non-hydrogen) atoms. The Balaban J connectivity index is 1.06. The first-order valence-electron chi connectivity index (χ1n) is 14.1. The standard InChI is InChI=1S/C34H30N6O/c41-34-29-20-28(25-6-2-1-3-7-25)33(38-30(29)13-17-36-34)26-11-9-24(10-12-26)21-39-18-14-27(15-19-39)40-22-32(37-23-40)31-8-4-5-16-35-31/h1-13,16-17,20,22-23,27H,14-15,18-19,21H2,(H,36,41). The first-order chi connectivity index (χ1) is 20.2. The molecule has 7 rings (SSSR count). The Morgan fingerprint density at radius 3 is 2.41 bits per heavy atom. The number of rotatable bonds is 6. The van der Waals surface area contributed by atoms with Gasteiger partial charge in [0.15, 0.2) is 0 Å². The average molecular weight is 539 g/mol. The van der Waals surface area contributed by atoms with Gasteiger partial charge in [0.25, 0.3) is 5.56 Å². The van der Waals surface area contributed by atoms with Crippen molar-refractivity contribution in [2.24, 2.45) is 0 Å². The fourth-order valence-corrected chi connectivity index (χ4v) is 5.75. The molecule has 5 heterocycles. The van der Waals surface area contributed by atoms with E-state index in [2.05, 4.69) is 67.0 Å². The van der Waals surface area contributed by atoms with Crippen molar-refractivity contribution in [1.82, 2.24) is 29.4 Å². The molecule has 0 saturated carbocycles. The van der Waals surface area contributed by atoms with Crippen molar-refractivity contribution in [3.05, 3.63) is 126 Å². The van der Waals surface area contributed by atoms with Crippen LogP contribution in [-0.4, -0.2) is 42.5 Å². The molecule has 0 spiro atoms. The molecule has 202 valence electrons. The fourth-order valence-electron chi connectivity index (χ4n) is 5.75. The molecule has 0 bridgehead atoms. The summed E-state index contributed by atoms with van der Waals surface area (Å²) >= 11 is 0. The summed E-state index contributed by atoms with van der Waals surface area (Å²) in [5.41, 5.74) is 7.61. The third-order valence-corrected chi connectivity index (χ3v) is 7.98. The maximum Gasteiger partial charge on any atom is 0.257 e. The summed E-state index contributed by atoms with van der Waals surface area (Å²) in [6.45, 7) is 3.01. The van der Waals surface area contributed by atoms with E-state index in [0.29, 0.717) is 16.9 Å². The highest BCUT2D eigenvalue weighted by Crippen LogP contribution is 2.33. The number of aromatic nitrogens is 5. The molecule has 0 amide bonds. The van der Waals surface area contributed by atoms with Gasteiger partial charge in [-0.25, -0.2) is 9.97 Å². The predicted molar refractivity (Wildman–Crippen MR) is 162 cm³/mol. The molecule has 1 aliphatic rings. The number of piperidine rings is 1. The van der Waals surface area contributed by atoms with Gasteiger partial charge < -0.3 is 9.55 Å². The van der Waals surface area contributed by atoms with Gasteiger partial charge in [0, 0.05) is 55.4 Å². The van der Waals surface area contributed by atoms with Crippen LogP contribution in [0.4, 0.5) is 0 Å². The highest BCUT2D eigenvalue weighted by molar-refractivity contribution is 5.91. The van der Waals surface area contributed by atoms with E-state index in [1.807, 2.05) is 61.1 Å². The molecule has 1 N–H and O–H groups in total. The molecule has 0 atom stereocenters. The maximum atomic E-state index is 12.5. The number of fused-ring (bicyclic) bond motifs is 1. The van der Waals surface area contributed by atoms with Crippen LogP contribution >= 0.6 is 0 Å². The van der Waals surface area contributed by atoms with Crippen molar-refractivity contribution in [3.8, 4) is 33.8 Å². The van der Waals surface area contributed by atoms with Crippen LogP contribution < -0.4 is 5.56 Å². The van der Waals surface area contributed by atoms with E-state index in [-0.39, 0.29) is 5.56 Å². The Morgan fingerprint density at radius 2 is 1.63 bits per heavy atom. The molecule has 7 heteroatoms. The molecule has 4 aromatic heterocycles. The summed E-state index contributed by atoms with van der Waals surface area (Å²) in [6, 6.07) is 29.1. The Morgan fingerprint density at radius 1 is 0.829 bits per heavy atom. The zero-order valence-electron chi connectivity index (χ0n) is 22.6. The monoisotopic (exact) mass is 538 g/mol. The van der Waals surface area contributed by atoms with E-state index < -0.39 is 0 Å². The molecule has 2 aromatic carbocycles. The smallest absolute Gasteiger partial charge is 0.257 e. The number of benzene rings is 2. The molecule has 0 radical (unpaired) electrons. The van der Waals surface area contributed by atoms with E-state index in [0.717, 1.165) is 66.2 Å². The number of likely N-dealkylation sites (tertiary alicyclic amines) is 1. The minimum Gasteiger partial charge on any atom is -0.334 e. The minimum absolute atomic E-state index is 0.125. The number of nitrogens with zero attached hydrogens (tertiary/aromatic N) is 5. The van der Waals surface area contributed by atoms with Gasteiger partial charge in [-0.15, -0.1) is 0 Å². The SMILES string of the molecule is O=c1[nH]ccc2nc(-c3ccc(CN4CCC(n5cnc(-c6ccccn6)c5)CC4)cc3)c(-c3ccccc3)cc12. The van der Waals surface area contributed by atoms with E-state index in [4.69, 9.17) is 4.98 Å². The number of pyridine rings is 3. The van der Waals surface area contributed by atoms with Gasteiger partial charge in [-0.05, 0) is 48.2 Å². The van der Waals surface area contributed by atoms with Gasteiger partial charge in [0.05, 0.1) is 28.6 Å². The number of nitrogens with one attached hydrogen (secondary N) is 1. The van der Waals surface area contributed by atoms with Crippen LogP contribution in [0.1, 0.15) is 24.4 Å². The third kappa shape index (κ3) is 5.19. The van der Waals surface area contributed by atoms with E-state index in [9.17, 15) is 4.79 Å². The van der Waals surface area contributed by atoms with Gasteiger partial charge in [0.2, 0.25) is 0 Å². The number of hydrogen-bond donors (Lipinski definition) is 1. The van der Waals surface area contributed by atoms with Crippen LogP contribution in [0.25, 0.3) is 44.7 Å². The lowest BCUT2D eigenvalue weighted by Crippen LogP contribution is -2.33. The average Bonchev–Trinajstić information content (AvgIpc) is 3.53. The normalized spacial score (nSPS) is 14.4. The van der Waals surface area contributed by atoms with E-state index >= 15 is 0 Å². The van der Waals surface area contributed by atoms with Crippen molar-refractivity contribution in [2.45, 2.75) is 25.4 Å². The second-order valence-electron chi connectivity index (χ2n) is 10.6. The van der Waals surface area contributed by atoms with Crippen LogP contribution in [0.2, 0.25) is 0 Å². The van der Waals surface area contributed by atoms with Gasteiger partial charge in [-0.2, -0.15) is 0 Å². The Labute approximate surface area is 238 Å². The quantitative estimate of drug-likeness (QED) is 0.267. The fraction of sp³-hybridized carbons (Fsp3) is 0.176. The molecule has 6 aromatic rings. The number of aromatic amines is 1. The molecule has 7 nitrogen and oxygen atoms in total. The predicted octanol–water partition coefficient (Wildman–Crippen LogP) is 6.35. The summed E-state index contributed by atoms with van der Waals surface area (Å²) < 4.78 is 2.25. The van der Waals surface area contributed by atoms with Gasteiger partial charge >= 0.3 is 0 Å². The molecular formula is C34H30N6O. The van der Waals surface area contributed by atoms with Crippen molar-refractivity contribution in [1.29, 1.82) is 0 Å². The van der Waals surface area contributed by atoms with Crippen LogP contribution in [0.3, 0.4) is 0 Å². The first kappa shape index (κ1) is 25.1. The Kier molecular flexibility index (Phi) is 6.70. The van der Waals surface area contributed by atoms with Crippen molar-refractivity contribution < 1.29 is 0 Å². The number of imidazole rings is 1. The van der Waals surface area contributed by atoms with Crippen LogP contribution in [0.5, 0.6) is 0 Å². The molecule has 1 aliphatic heterocycles. The second kappa shape index (κ2) is 10.9. The summed E-state index contributed by atoms with van der Waals surface area (Å²) in [4.78, 5) is 31.8. The van der Waals surface area contributed by atoms with Gasteiger partial charge in [0.1, 0.15) is 5.69 Å². The zero-order valence-corrected chi connectivity index (χ0v) is 22.6. The van der Waals surface area contributed by atoms with Crippen molar-refractivity contribution >= 4 is 10.9 Å². The van der Waals surface area contributed by atoms with Crippen molar-refractivity contribution in [3.63, 3.8) is 0 Å². The number of hydrogen-bond acceptors (Lipinski definition) is 5. The lowest BCUT2D eigenvalue weighted by molar-refractivity contribution is 0.179. The summed E-state index contributed by atoms with van der Waals surface area (Å²) in [5.74, 6) is 0. The number of H-pyrrole nitrogens is 1. The molecule has 1 fully saturated rings. The molecular weight excluding hydrogens is 508 g/mol. The second-order valence-corrected chi connectivity index (χ2v) is 10.6. The Bertz CT molecular complexity index is 1840.